The van der Waals surface area contributed by atoms with Crippen LogP contribution in [-0.2, 0) is 17.8 Å². The summed E-state index contributed by atoms with van der Waals surface area (Å²) in [6, 6.07) is 17.3. The average molecular weight is 303 g/mol. The monoisotopic (exact) mass is 302 g/mol. The number of amides is 1. The highest BCUT2D eigenvalue weighted by molar-refractivity contribution is 6.30. The lowest BCUT2D eigenvalue weighted by atomic mass is 10.1. The van der Waals surface area contributed by atoms with Gasteiger partial charge in [0.25, 0.3) is 0 Å². The predicted octanol–water partition coefficient (Wildman–Crippen LogP) is 2.87. The molecule has 0 unspecified atom stereocenters. The maximum absolute atomic E-state index is 12.4. The Labute approximate surface area is 130 Å². The van der Waals surface area contributed by atoms with E-state index in [2.05, 4.69) is 0 Å². The van der Waals surface area contributed by atoms with E-state index in [4.69, 9.17) is 17.3 Å². The van der Waals surface area contributed by atoms with Gasteiger partial charge in [0.15, 0.2) is 0 Å². The molecular weight excluding hydrogens is 284 g/mol. The molecule has 2 aromatic rings. The third-order valence-electron chi connectivity index (χ3n) is 3.24. The molecule has 21 heavy (non-hydrogen) atoms. The van der Waals surface area contributed by atoms with Crippen molar-refractivity contribution in [1.29, 1.82) is 0 Å². The molecule has 0 fully saturated rings. The molecule has 1 amide bonds. The molecule has 4 heteroatoms. The fraction of sp³-hybridized carbons (Fsp3) is 0.235. The van der Waals surface area contributed by atoms with Gasteiger partial charge in [-0.2, -0.15) is 0 Å². The number of nitrogens with zero attached hydrogens (tertiary/aromatic N) is 1. The molecule has 0 saturated carbocycles. The zero-order valence-corrected chi connectivity index (χ0v) is 12.6. The van der Waals surface area contributed by atoms with E-state index < -0.39 is 0 Å². The number of rotatable bonds is 6. The largest absolute Gasteiger partial charge is 0.337 e. The SMILES string of the molecule is NCCN(Cc1ccccc1)C(=O)Cc1ccc(Cl)cc1. The molecule has 0 spiro atoms. The summed E-state index contributed by atoms with van der Waals surface area (Å²) in [7, 11) is 0. The number of nitrogens with two attached hydrogens (primary N) is 1. The van der Waals surface area contributed by atoms with Gasteiger partial charge >= 0.3 is 0 Å². The number of carbonyl (C=O) groups excluding carboxylic acids is 1. The third-order valence-corrected chi connectivity index (χ3v) is 3.49. The molecule has 110 valence electrons. The van der Waals surface area contributed by atoms with E-state index in [0.717, 1.165) is 11.1 Å². The van der Waals surface area contributed by atoms with Crippen molar-refractivity contribution >= 4 is 17.5 Å². The van der Waals surface area contributed by atoms with Gasteiger partial charge in [0.2, 0.25) is 5.91 Å². The Morgan fingerprint density at radius 3 is 2.29 bits per heavy atom. The topological polar surface area (TPSA) is 46.3 Å². The maximum Gasteiger partial charge on any atom is 0.227 e. The summed E-state index contributed by atoms with van der Waals surface area (Å²) in [5, 5.41) is 0.675. The van der Waals surface area contributed by atoms with Crippen molar-refractivity contribution in [2.75, 3.05) is 13.1 Å². The quantitative estimate of drug-likeness (QED) is 0.892. The molecule has 2 rings (SSSR count). The van der Waals surface area contributed by atoms with Crippen molar-refractivity contribution in [1.82, 2.24) is 4.90 Å². The van der Waals surface area contributed by atoms with E-state index >= 15 is 0 Å². The molecular formula is C17H19ClN2O. The fourth-order valence-corrected chi connectivity index (χ4v) is 2.27. The van der Waals surface area contributed by atoms with Crippen LogP contribution in [0.2, 0.25) is 5.02 Å². The summed E-state index contributed by atoms with van der Waals surface area (Å²) in [4.78, 5) is 14.2. The summed E-state index contributed by atoms with van der Waals surface area (Å²) in [6.07, 6.45) is 0.365. The first-order chi connectivity index (χ1) is 10.2. The van der Waals surface area contributed by atoms with Crippen LogP contribution >= 0.6 is 11.6 Å². The molecule has 0 aliphatic carbocycles. The van der Waals surface area contributed by atoms with Crippen LogP contribution in [0.25, 0.3) is 0 Å². The molecule has 0 bridgehead atoms. The Morgan fingerprint density at radius 2 is 1.67 bits per heavy atom. The van der Waals surface area contributed by atoms with Gasteiger partial charge in [0.1, 0.15) is 0 Å². The van der Waals surface area contributed by atoms with Gasteiger partial charge in [-0.25, -0.2) is 0 Å². The lowest BCUT2D eigenvalue weighted by molar-refractivity contribution is -0.131. The molecule has 3 nitrogen and oxygen atoms in total. The fourth-order valence-electron chi connectivity index (χ4n) is 2.14. The molecule has 0 saturated heterocycles. The molecule has 0 radical (unpaired) electrons. The van der Waals surface area contributed by atoms with Crippen molar-refractivity contribution in [2.45, 2.75) is 13.0 Å². The highest BCUT2D eigenvalue weighted by atomic mass is 35.5. The van der Waals surface area contributed by atoms with Crippen molar-refractivity contribution in [3.63, 3.8) is 0 Å². The Bertz CT molecular complexity index is 569. The van der Waals surface area contributed by atoms with Gasteiger partial charge < -0.3 is 10.6 Å². The summed E-state index contributed by atoms with van der Waals surface area (Å²) < 4.78 is 0. The van der Waals surface area contributed by atoms with Crippen molar-refractivity contribution in [2.24, 2.45) is 5.73 Å². The summed E-state index contributed by atoms with van der Waals surface area (Å²) in [5.41, 5.74) is 7.69. The first-order valence-electron chi connectivity index (χ1n) is 6.95. The average Bonchev–Trinajstić information content (AvgIpc) is 2.50. The van der Waals surface area contributed by atoms with Crippen LogP contribution in [0.3, 0.4) is 0 Å². The molecule has 0 aliphatic heterocycles. The van der Waals surface area contributed by atoms with Crippen LogP contribution in [0.4, 0.5) is 0 Å². The van der Waals surface area contributed by atoms with Crippen molar-refractivity contribution < 1.29 is 4.79 Å². The first-order valence-corrected chi connectivity index (χ1v) is 7.33. The van der Waals surface area contributed by atoms with E-state index in [-0.39, 0.29) is 5.91 Å². The highest BCUT2D eigenvalue weighted by Crippen LogP contribution is 2.12. The first kappa shape index (κ1) is 15.5. The second kappa shape index (κ2) is 7.81. The van der Waals surface area contributed by atoms with Gasteiger partial charge in [-0.1, -0.05) is 54.1 Å². The van der Waals surface area contributed by atoms with E-state index in [1.54, 1.807) is 17.0 Å². The van der Waals surface area contributed by atoms with E-state index in [1.807, 2.05) is 42.5 Å². The van der Waals surface area contributed by atoms with Gasteiger partial charge in [-0.3, -0.25) is 4.79 Å². The Balaban J connectivity index is 2.03. The van der Waals surface area contributed by atoms with Crippen molar-refractivity contribution in [3.8, 4) is 0 Å². The molecule has 0 atom stereocenters. The molecule has 0 aliphatic rings. The second-order valence-corrected chi connectivity index (χ2v) is 5.33. The normalized spacial score (nSPS) is 10.4. The summed E-state index contributed by atoms with van der Waals surface area (Å²) >= 11 is 5.86. The minimum absolute atomic E-state index is 0.0756. The van der Waals surface area contributed by atoms with Crippen LogP contribution in [0.5, 0.6) is 0 Å². The standard InChI is InChI=1S/C17H19ClN2O/c18-16-8-6-14(7-9-16)12-17(21)20(11-10-19)13-15-4-2-1-3-5-15/h1-9H,10-13,19H2. The Hall–Kier alpha value is -1.84. The van der Waals surface area contributed by atoms with E-state index in [1.165, 1.54) is 0 Å². The predicted molar refractivity (Wildman–Crippen MR) is 86.1 cm³/mol. The van der Waals surface area contributed by atoms with Crippen LogP contribution in [0.15, 0.2) is 54.6 Å². The lowest BCUT2D eigenvalue weighted by Gasteiger charge is -2.22. The minimum atomic E-state index is 0.0756. The van der Waals surface area contributed by atoms with Crippen LogP contribution in [0.1, 0.15) is 11.1 Å². The van der Waals surface area contributed by atoms with Gasteiger partial charge in [0.05, 0.1) is 6.42 Å². The maximum atomic E-state index is 12.4. The minimum Gasteiger partial charge on any atom is -0.337 e. The Morgan fingerprint density at radius 1 is 1.00 bits per heavy atom. The Kier molecular flexibility index (Phi) is 5.78. The second-order valence-electron chi connectivity index (χ2n) is 4.89. The lowest BCUT2D eigenvalue weighted by Crippen LogP contribution is -2.35. The third kappa shape index (κ3) is 4.88. The number of hydrogen-bond acceptors (Lipinski definition) is 2. The molecule has 2 aromatic carbocycles. The number of carbonyl (C=O) groups is 1. The van der Waals surface area contributed by atoms with E-state index in [9.17, 15) is 4.79 Å². The van der Waals surface area contributed by atoms with Crippen molar-refractivity contribution in [3.05, 3.63) is 70.7 Å². The van der Waals surface area contributed by atoms with Gasteiger partial charge in [0, 0.05) is 24.7 Å². The van der Waals surface area contributed by atoms with Gasteiger partial charge in [-0.15, -0.1) is 0 Å². The molecule has 2 N–H and O–H groups in total. The molecule has 0 aromatic heterocycles. The number of benzene rings is 2. The zero-order chi connectivity index (χ0) is 15.1. The smallest absolute Gasteiger partial charge is 0.227 e. The highest BCUT2D eigenvalue weighted by Gasteiger charge is 2.13. The van der Waals surface area contributed by atoms with Crippen LogP contribution < -0.4 is 5.73 Å². The summed E-state index contributed by atoms with van der Waals surface area (Å²) in [5.74, 6) is 0.0756. The van der Waals surface area contributed by atoms with Crippen LogP contribution in [-0.4, -0.2) is 23.9 Å². The summed E-state index contributed by atoms with van der Waals surface area (Å²) in [6.45, 7) is 1.60. The zero-order valence-electron chi connectivity index (χ0n) is 11.8. The van der Waals surface area contributed by atoms with Gasteiger partial charge in [-0.05, 0) is 23.3 Å². The van der Waals surface area contributed by atoms with Crippen LogP contribution in [0, 0.1) is 0 Å². The molecule has 0 heterocycles. The number of hydrogen-bond donors (Lipinski definition) is 1. The van der Waals surface area contributed by atoms with E-state index in [0.29, 0.717) is 31.1 Å². The number of halogens is 1.